The molecule has 0 N–H and O–H groups in total. The van der Waals surface area contributed by atoms with Crippen LogP contribution in [0.25, 0.3) is 32.7 Å². The van der Waals surface area contributed by atoms with Crippen molar-refractivity contribution in [2.45, 2.75) is 0 Å². The van der Waals surface area contributed by atoms with Crippen LogP contribution in [0.2, 0.25) is 0 Å². The van der Waals surface area contributed by atoms with Gasteiger partial charge in [0.05, 0.1) is 0 Å². The molecular formula is C40H24BNO3. The van der Waals surface area contributed by atoms with E-state index in [9.17, 15) is 0 Å². The lowest BCUT2D eigenvalue weighted by Gasteiger charge is -2.32. The summed E-state index contributed by atoms with van der Waals surface area (Å²) >= 11 is 0. The molecule has 3 heterocycles. The monoisotopic (exact) mass is 577 g/mol. The predicted molar refractivity (Wildman–Crippen MR) is 184 cm³/mol. The standard InChI is InChI=1S/C40H24BNO3/c1-3-12-27(13-4-1)42(28-14-5-2-6-15-28)29-18-19-30-31-20-21-32-40(39(31)45-36(30)24-29)44-35-17-9-16-34-38(35)41(32)33-22-25-10-7-8-11-26(25)23-37(33)43-34/h1-24H. The molecule has 0 fully saturated rings. The Morgan fingerprint density at radius 1 is 0.467 bits per heavy atom. The summed E-state index contributed by atoms with van der Waals surface area (Å²) in [5.41, 5.74) is 8.04. The second kappa shape index (κ2) is 9.28. The number of hydrogen-bond donors (Lipinski definition) is 0. The number of benzene rings is 7. The number of ether oxygens (including phenoxy) is 2. The first-order chi connectivity index (χ1) is 22.3. The second-order valence-electron chi connectivity index (χ2n) is 11.7. The van der Waals surface area contributed by atoms with Gasteiger partial charge in [0, 0.05) is 39.4 Å². The van der Waals surface area contributed by atoms with Gasteiger partial charge < -0.3 is 18.8 Å². The molecule has 45 heavy (non-hydrogen) atoms. The molecule has 0 aliphatic carbocycles. The lowest BCUT2D eigenvalue weighted by atomic mass is 9.34. The Labute approximate surface area is 259 Å². The minimum Gasteiger partial charge on any atom is -0.458 e. The van der Waals surface area contributed by atoms with Crippen LogP contribution in [-0.4, -0.2) is 6.71 Å². The van der Waals surface area contributed by atoms with E-state index in [2.05, 4.69) is 120 Å². The first kappa shape index (κ1) is 24.5. The van der Waals surface area contributed by atoms with Crippen LogP contribution in [0.4, 0.5) is 17.1 Å². The molecular weight excluding hydrogens is 553 g/mol. The third kappa shape index (κ3) is 3.61. The molecule has 0 spiro atoms. The Balaban J connectivity index is 1.17. The molecule has 10 rings (SSSR count). The Hall–Kier alpha value is -5.94. The van der Waals surface area contributed by atoms with Crippen molar-refractivity contribution in [3.05, 3.63) is 146 Å². The van der Waals surface area contributed by atoms with Crippen LogP contribution >= 0.6 is 0 Å². The maximum absolute atomic E-state index is 6.74. The van der Waals surface area contributed by atoms with Crippen LogP contribution < -0.4 is 30.8 Å². The SMILES string of the molecule is c1ccc(N(c2ccccc2)c2ccc3c(c2)oc2c4c(ccc23)B2c3cc5ccccc5cc3Oc3cccc(c32)O4)cc1. The quantitative estimate of drug-likeness (QED) is 0.197. The maximum Gasteiger partial charge on any atom is 0.260 e. The van der Waals surface area contributed by atoms with Crippen molar-refractivity contribution >= 4 is 72.9 Å². The van der Waals surface area contributed by atoms with Crippen LogP contribution in [0.15, 0.2) is 150 Å². The van der Waals surface area contributed by atoms with Crippen LogP contribution in [0.5, 0.6) is 23.0 Å². The summed E-state index contributed by atoms with van der Waals surface area (Å²) in [5.74, 6) is 3.29. The highest BCUT2D eigenvalue weighted by atomic mass is 16.5. The molecule has 0 atom stereocenters. The topological polar surface area (TPSA) is 34.8 Å². The van der Waals surface area contributed by atoms with Crippen LogP contribution in [0.3, 0.4) is 0 Å². The van der Waals surface area contributed by atoms with Gasteiger partial charge >= 0.3 is 0 Å². The van der Waals surface area contributed by atoms with Crippen molar-refractivity contribution in [3.8, 4) is 23.0 Å². The smallest absolute Gasteiger partial charge is 0.260 e. The van der Waals surface area contributed by atoms with Gasteiger partial charge in [-0.05, 0) is 76.3 Å². The van der Waals surface area contributed by atoms with Crippen molar-refractivity contribution in [2.75, 3.05) is 4.90 Å². The summed E-state index contributed by atoms with van der Waals surface area (Å²) in [6, 6.07) is 50.6. The largest absolute Gasteiger partial charge is 0.458 e. The number of fused-ring (bicyclic) bond motifs is 9. The zero-order valence-corrected chi connectivity index (χ0v) is 24.1. The average molecular weight is 577 g/mol. The zero-order valence-electron chi connectivity index (χ0n) is 24.1. The van der Waals surface area contributed by atoms with Crippen molar-refractivity contribution in [3.63, 3.8) is 0 Å². The third-order valence-corrected chi connectivity index (χ3v) is 9.14. The number of hydrogen-bond acceptors (Lipinski definition) is 4. The first-order valence-electron chi connectivity index (χ1n) is 15.2. The van der Waals surface area contributed by atoms with Crippen LogP contribution in [0.1, 0.15) is 0 Å². The second-order valence-corrected chi connectivity index (χ2v) is 11.7. The Bertz CT molecular complexity index is 2410. The van der Waals surface area contributed by atoms with E-state index in [4.69, 9.17) is 13.9 Å². The van der Waals surface area contributed by atoms with Gasteiger partial charge in [-0.3, -0.25) is 0 Å². The highest BCUT2D eigenvalue weighted by molar-refractivity contribution is 6.98. The van der Waals surface area contributed by atoms with E-state index >= 15 is 0 Å². The summed E-state index contributed by atoms with van der Waals surface area (Å²) in [5, 5.41) is 4.44. The fraction of sp³-hybridized carbons (Fsp3) is 0. The van der Waals surface area contributed by atoms with Gasteiger partial charge in [-0.2, -0.15) is 0 Å². The Morgan fingerprint density at radius 3 is 1.89 bits per heavy atom. The average Bonchev–Trinajstić information content (AvgIpc) is 3.47. The highest BCUT2D eigenvalue weighted by Gasteiger charge is 2.41. The van der Waals surface area contributed by atoms with Crippen LogP contribution in [-0.2, 0) is 0 Å². The van der Waals surface area contributed by atoms with Crippen molar-refractivity contribution < 1.29 is 13.9 Å². The molecule has 0 saturated heterocycles. The van der Waals surface area contributed by atoms with Gasteiger partial charge in [0.15, 0.2) is 11.3 Å². The van der Waals surface area contributed by atoms with Gasteiger partial charge in [0.25, 0.3) is 6.71 Å². The molecule has 2 aliphatic rings. The van der Waals surface area contributed by atoms with E-state index < -0.39 is 0 Å². The molecule has 1 aromatic heterocycles. The normalized spacial score (nSPS) is 12.8. The van der Waals surface area contributed by atoms with Crippen LogP contribution in [0, 0.1) is 0 Å². The number of furan rings is 1. The van der Waals surface area contributed by atoms with E-state index in [0.29, 0.717) is 0 Å². The van der Waals surface area contributed by atoms with Gasteiger partial charge in [-0.15, -0.1) is 0 Å². The Morgan fingerprint density at radius 2 is 1.13 bits per heavy atom. The molecule has 5 heteroatoms. The molecule has 8 aromatic rings. The predicted octanol–water partition coefficient (Wildman–Crippen LogP) is 8.94. The molecule has 7 aromatic carbocycles. The van der Waals surface area contributed by atoms with Crippen molar-refractivity contribution in [1.82, 2.24) is 0 Å². The minimum absolute atomic E-state index is 0.0341. The molecule has 0 amide bonds. The van der Waals surface area contributed by atoms with Gasteiger partial charge in [0.1, 0.15) is 22.8 Å². The fourth-order valence-corrected chi connectivity index (χ4v) is 7.14. The van der Waals surface area contributed by atoms with E-state index in [1.807, 2.05) is 30.3 Å². The molecule has 0 radical (unpaired) electrons. The lowest BCUT2D eigenvalue weighted by Crippen LogP contribution is -2.57. The summed E-state index contributed by atoms with van der Waals surface area (Å²) in [7, 11) is 0. The summed E-state index contributed by atoms with van der Waals surface area (Å²) < 4.78 is 19.9. The van der Waals surface area contributed by atoms with Crippen molar-refractivity contribution in [1.29, 1.82) is 0 Å². The number of anilines is 3. The van der Waals surface area contributed by atoms with E-state index in [1.54, 1.807) is 0 Å². The lowest BCUT2D eigenvalue weighted by molar-refractivity contribution is 0.462. The molecule has 0 bridgehead atoms. The summed E-state index contributed by atoms with van der Waals surface area (Å²) in [6.07, 6.45) is 0. The molecule has 0 unspecified atom stereocenters. The van der Waals surface area contributed by atoms with E-state index in [1.165, 1.54) is 5.39 Å². The molecule has 210 valence electrons. The molecule has 2 aliphatic heterocycles. The van der Waals surface area contributed by atoms with E-state index in [0.717, 1.165) is 83.8 Å². The zero-order chi connectivity index (χ0) is 29.5. The highest BCUT2D eigenvalue weighted by Crippen LogP contribution is 2.43. The van der Waals surface area contributed by atoms with Crippen molar-refractivity contribution in [2.24, 2.45) is 0 Å². The summed E-state index contributed by atoms with van der Waals surface area (Å²) in [4.78, 5) is 2.25. The number of para-hydroxylation sites is 2. The third-order valence-electron chi connectivity index (χ3n) is 9.14. The fourth-order valence-electron chi connectivity index (χ4n) is 7.14. The Kier molecular flexibility index (Phi) is 5.05. The first-order valence-corrected chi connectivity index (χ1v) is 15.2. The number of nitrogens with zero attached hydrogens (tertiary/aromatic N) is 1. The van der Waals surface area contributed by atoms with Gasteiger partial charge in [-0.1, -0.05) is 84.9 Å². The van der Waals surface area contributed by atoms with Gasteiger partial charge in [0.2, 0.25) is 0 Å². The number of rotatable bonds is 3. The summed E-state index contributed by atoms with van der Waals surface area (Å²) in [6.45, 7) is -0.0341. The maximum atomic E-state index is 6.74. The molecule has 0 saturated carbocycles. The molecule has 4 nitrogen and oxygen atoms in total. The van der Waals surface area contributed by atoms with Gasteiger partial charge in [-0.25, -0.2) is 0 Å². The minimum atomic E-state index is -0.0341. The van der Waals surface area contributed by atoms with E-state index in [-0.39, 0.29) is 6.71 Å².